The number of hydrogen-bond donors (Lipinski definition) is 0. The summed E-state index contributed by atoms with van der Waals surface area (Å²) in [6.07, 6.45) is 5.59. The van der Waals surface area contributed by atoms with Crippen LogP contribution < -0.4 is 4.90 Å². The van der Waals surface area contributed by atoms with E-state index in [-0.39, 0.29) is 0 Å². The van der Waals surface area contributed by atoms with Crippen LogP contribution in [0.4, 0.5) is 5.82 Å². The Bertz CT molecular complexity index is 370. The second-order valence-corrected chi connectivity index (χ2v) is 5.80. The Morgan fingerprint density at radius 2 is 2.25 bits per heavy atom. The van der Waals surface area contributed by atoms with Crippen molar-refractivity contribution < 1.29 is 0 Å². The maximum Gasteiger partial charge on any atom is 0.147 e. The van der Waals surface area contributed by atoms with Crippen LogP contribution in [0.5, 0.6) is 0 Å². The molecule has 1 fully saturated rings. The van der Waals surface area contributed by atoms with E-state index in [2.05, 4.69) is 32.7 Å². The van der Waals surface area contributed by atoms with Gasteiger partial charge >= 0.3 is 0 Å². The van der Waals surface area contributed by atoms with Gasteiger partial charge < -0.3 is 4.90 Å². The molecular weight excluding hydrogens is 288 g/mol. The molecule has 0 N–H and O–H groups in total. The zero-order valence-electron chi connectivity index (χ0n) is 9.42. The lowest BCUT2D eigenvalue weighted by atomic mass is 10.0. The van der Waals surface area contributed by atoms with Gasteiger partial charge in [0.1, 0.15) is 5.82 Å². The summed E-state index contributed by atoms with van der Waals surface area (Å²) >= 11 is 9.60. The van der Waals surface area contributed by atoms with Crippen molar-refractivity contribution in [3.8, 4) is 0 Å². The molecule has 0 amide bonds. The van der Waals surface area contributed by atoms with Gasteiger partial charge in [-0.1, -0.05) is 18.5 Å². The lowest BCUT2D eigenvalue weighted by Gasteiger charge is -2.22. The Balaban J connectivity index is 2.16. The summed E-state index contributed by atoms with van der Waals surface area (Å²) in [5, 5.41) is 0.740. The molecule has 0 aliphatic carbocycles. The van der Waals surface area contributed by atoms with E-state index in [1.54, 1.807) is 0 Å². The van der Waals surface area contributed by atoms with Crippen LogP contribution in [0.2, 0.25) is 5.02 Å². The molecule has 1 aliphatic rings. The van der Waals surface area contributed by atoms with E-state index in [0.29, 0.717) is 0 Å². The van der Waals surface area contributed by atoms with E-state index in [9.17, 15) is 0 Å². The second kappa shape index (κ2) is 5.37. The normalized spacial score (nSPS) is 21.9. The first-order valence-electron chi connectivity index (χ1n) is 5.73. The molecule has 0 bridgehead atoms. The fraction of sp³-hybridized carbons (Fsp3) is 0.583. The van der Waals surface area contributed by atoms with Crippen LogP contribution >= 0.6 is 27.5 Å². The molecule has 4 heteroatoms. The molecule has 1 aromatic rings. The van der Waals surface area contributed by atoms with Crippen LogP contribution in [-0.4, -0.2) is 18.1 Å². The van der Waals surface area contributed by atoms with Crippen LogP contribution in [0.3, 0.4) is 0 Å². The number of hydrogen-bond acceptors (Lipinski definition) is 2. The first kappa shape index (κ1) is 12.2. The molecule has 1 aromatic heterocycles. The Morgan fingerprint density at radius 3 is 3.00 bits per heavy atom. The minimum Gasteiger partial charge on any atom is -0.355 e. The molecule has 1 aliphatic heterocycles. The Labute approximate surface area is 110 Å². The number of rotatable bonds is 1. The number of nitrogens with zero attached hydrogens (tertiary/aromatic N) is 2. The lowest BCUT2D eigenvalue weighted by Crippen LogP contribution is -2.25. The highest BCUT2D eigenvalue weighted by molar-refractivity contribution is 9.10. The third-order valence-corrected chi connectivity index (χ3v) is 3.82. The number of halogens is 2. The van der Waals surface area contributed by atoms with Crippen LogP contribution in [-0.2, 0) is 0 Å². The molecule has 0 saturated carbocycles. The maximum atomic E-state index is 6.22. The van der Waals surface area contributed by atoms with Crippen molar-refractivity contribution in [3.63, 3.8) is 0 Å². The molecule has 1 atom stereocenters. The van der Waals surface area contributed by atoms with Crippen LogP contribution in [0.15, 0.2) is 16.7 Å². The van der Waals surface area contributed by atoms with E-state index >= 15 is 0 Å². The topological polar surface area (TPSA) is 16.1 Å². The van der Waals surface area contributed by atoms with Gasteiger partial charge in [0.05, 0.1) is 5.02 Å². The van der Waals surface area contributed by atoms with Gasteiger partial charge in [-0.25, -0.2) is 4.98 Å². The summed E-state index contributed by atoms with van der Waals surface area (Å²) in [5.74, 6) is 1.75. The summed E-state index contributed by atoms with van der Waals surface area (Å²) in [6, 6.07) is 1.91. The molecule has 1 saturated heterocycles. The van der Waals surface area contributed by atoms with Gasteiger partial charge in [0, 0.05) is 23.8 Å². The smallest absolute Gasteiger partial charge is 0.147 e. The fourth-order valence-corrected chi connectivity index (χ4v) is 2.86. The predicted molar refractivity (Wildman–Crippen MR) is 72.2 cm³/mol. The average Bonchev–Trinajstić information content (AvgIpc) is 2.43. The van der Waals surface area contributed by atoms with E-state index in [1.165, 1.54) is 19.3 Å². The predicted octanol–water partition coefficient (Wildman–Crippen LogP) is 4.12. The Morgan fingerprint density at radius 1 is 1.44 bits per heavy atom. The molecule has 88 valence electrons. The summed E-state index contributed by atoms with van der Waals surface area (Å²) in [6.45, 7) is 4.45. The number of anilines is 1. The molecule has 0 aromatic carbocycles. The Kier molecular flexibility index (Phi) is 4.09. The molecule has 1 unspecified atom stereocenters. The van der Waals surface area contributed by atoms with E-state index in [4.69, 9.17) is 11.6 Å². The van der Waals surface area contributed by atoms with Crippen LogP contribution in [0.25, 0.3) is 0 Å². The SMILES string of the molecule is CC1CCCN(c2ncc(Br)cc2Cl)CC1. The number of aromatic nitrogens is 1. The highest BCUT2D eigenvalue weighted by atomic mass is 79.9. The van der Waals surface area contributed by atoms with E-state index < -0.39 is 0 Å². The third kappa shape index (κ3) is 2.89. The quantitative estimate of drug-likeness (QED) is 0.775. The zero-order chi connectivity index (χ0) is 11.5. The average molecular weight is 304 g/mol. The molecule has 0 spiro atoms. The van der Waals surface area contributed by atoms with E-state index in [0.717, 1.165) is 34.3 Å². The minimum atomic E-state index is 0.740. The largest absolute Gasteiger partial charge is 0.355 e. The van der Waals surface area contributed by atoms with Gasteiger partial charge in [-0.2, -0.15) is 0 Å². The van der Waals surface area contributed by atoms with Crippen molar-refractivity contribution in [2.45, 2.75) is 26.2 Å². The molecular formula is C12H16BrClN2. The van der Waals surface area contributed by atoms with E-state index in [1.807, 2.05) is 12.3 Å². The monoisotopic (exact) mass is 302 g/mol. The van der Waals surface area contributed by atoms with Gasteiger partial charge in [0.25, 0.3) is 0 Å². The summed E-state index contributed by atoms with van der Waals surface area (Å²) in [7, 11) is 0. The van der Waals surface area contributed by atoms with Gasteiger partial charge in [0.2, 0.25) is 0 Å². The number of pyridine rings is 1. The fourth-order valence-electron chi connectivity index (χ4n) is 2.11. The van der Waals surface area contributed by atoms with Crippen molar-refractivity contribution in [1.82, 2.24) is 4.98 Å². The molecule has 2 rings (SSSR count). The standard InChI is InChI=1S/C12H16BrClN2/c1-9-3-2-5-16(6-4-9)12-11(14)7-10(13)8-15-12/h7-9H,2-6H2,1H3. The van der Waals surface area contributed by atoms with Crippen LogP contribution in [0.1, 0.15) is 26.2 Å². The summed E-state index contributed by atoms with van der Waals surface area (Å²) in [5.41, 5.74) is 0. The highest BCUT2D eigenvalue weighted by Crippen LogP contribution is 2.28. The second-order valence-electron chi connectivity index (χ2n) is 4.48. The first-order chi connectivity index (χ1) is 7.66. The minimum absolute atomic E-state index is 0.740. The van der Waals surface area contributed by atoms with Gasteiger partial charge in [0.15, 0.2) is 0 Å². The van der Waals surface area contributed by atoms with Gasteiger partial charge in [-0.3, -0.25) is 0 Å². The lowest BCUT2D eigenvalue weighted by molar-refractivity contribution is 0.521. The van der Waals surface area contributed by atoms with Gasteiger partial charge in [-0.15, -0.1) is 0 Å². The third-order valence-electron chi connectivity index (χ3n) is 3.10. The van der Waals surface area contributed by atoms with Crippen molar-refractivity contribution in [3.05, 3.63) is 21.8 Å². The Hall–Kier alpha value is -0.280. The van der Waals surface area contributed by atoms with Crippen molar-refractivity contribution in [2.75, 3.05) is 18.0 Å². The first-order valence-corrected chi connectivity index (χ1v) is 6.90. The summed E-state index contributed by atoms with van der Waals surface area (Å²) in [4.78, 5) is 6.72. The van der Waals surface area contributed by atoms with Crippen molar-refractivity contribution >= 4 is 33.3 Å². The summed E-state index contributed by atoms with van der Waals surface area (Å²) < 4.78 is 0.935. The highest BCUT2D eigenvalue weighted by Gasteiger charge is 2.17. The molecule has 2 nitrogen and oxygen atoms in total. The molecule has 0 radical (unpaired) electrons. The molecule has 16 heavy (non-hydrogen) atoms. The van der Waals surface area contributed by atoms with Crippen molar-refractivity contribution in [1.29, 1.82) is 0 Å². The van der Waals surface area contributed by atoms with Gasteiger partial charge in [-0.05, 0) is 47.2 Å². The maximum absolute atomic E-state index is 6.22. The molecule has 2 heterocycles. The van der Waals surface area contributed by atoms with Crippen LogP contribution in [0, 0.1) is 5.92 Å². The van der Waals surface area contributed by atoms with Crippen molar-refractivity contribution in [2.24, 2.45) is 5.92 Å². The zero-order valence-corrected chi connectivity index (χ0v) is 11.8.